The van der Waals surface area contributed by atoms with Crippen LogP contribution < -0.4 is 0 Å². The summed E-state index contributed by atoms with van der Waals surface area (Å²) in [5.74, 6) is -3.02. The van der Waals surface area contributed by atoms with Crippen LogP contribution in [0.15, 0.2) is 18.2 Å². The Morgan fingerprint density at radius 1 is 1.16 bits per heavy atom. The van der Waals surface area contributed by atoms with Crippen LogP contribution in [-0.4, -0.2) is 23.3 Å². The summed E-state index contributed by atoms with van der Waals surface area (Å²) >= 11 is 0. The van der Waals surface area contributed by atoms with E-state index in [2.05, 4.69) is 13.8 Å². The number of alkyl halides is 2. The van der Waals surface area contributed by atoms with Crippen molar-refractivity contribution < 1.29 is 23.4 Å². The first-order chi connectivity index (χ1) is 17.6. The molecule has 2 aromatic rings. The van der Waals surface area contributed by atoms with Crippen LogP contribution in [-0.2, 0) is 27.4 Å². The Morgan fingerprint density at radius 2 is 1.89 bits per heavy atom. The van der Waals surface area contributed by atoms with Crippen molar-refractivity contribution in [3.05, 3.63) is 63.0 Å². The summed E-state index contributed by atoms with van der Waals surface area (Å²) in [6, 6.07) is 6.52. The summed E-state index contributed by atoms with van der Waals surface area (Å²) in [6.45, 7) is 6.13. The van der Waals surface area contributed by atoms with Crippen LogP contribution in [0.5, 0.6) is 0 Å². The minimum Gasteiger partial charge on any atom is -0.388 e. The summed E-state index contributed by atoms with van der Waals surface area (Å²) in [5, 5.41) is 21.3. The predicted octanol–water partition coefficient (Wildman–Crippen LogP) is 6.46. The van der Waals surface area contributed by atoms with E-state index in [1.807, 2.05) is 6.07 Å². The van der Waals surface area contributed by atoms with E-state index in [9.17, 15) is 19.1 Å². The van der Waals surface area contributed by atoms with Crippen molar-refractivity contribution >= 4 is 0 Å². The van der Waals surface area contributed by atoms with E-state index in [4.69, 9.17) is 14.5 Å². The molecule has 1 N–H and O–H groups in total. The maximum atomic E-state index is 14.2. The normalized spacial score (nSPS) is 25.6. The molecule has 4 aliphatic rings. The predicted molar refractivity (Wildman–Crippen MR) is 133 cm³/mol. The molecule has 2 atom stereocenters. The Morgan fingerprint density at radius 3 is 2.49 bits per heavy atom. The fraction of sp³-hybridized carbons (Fsp3) is 0.600. The van der Waals surface area contributed by atoms with Gasteiger partial charge in [0.05, 0.1) is 23.3 Å². The summed E-state index contributed by atoms with van der Waals surface area (Å²) < 4.78 is 41.1. The van der Waals surface area contributed by atoms with E-state index in [0.717, 1.165) is 60.7 Å². The Kier molecular flexibility index (Phi) is 5.76. The van der Waals surface area contributed by atoms with E-state index in [1.54, 1.807) is 12.1 Å². The van der Waals surface area contributed by atoms with Crippen molar-refractivity contribution in [3.63, 3.8) is 0 Å². The SMILES string of the molecule is CC(C)c1nc2c(c3c1[C@@H](c1ccc(C(C)(F)F)c(C#N)c1)OC31CCOCC1)C(O)CC1(CCC1)C2. The number of nitriles is 1. The van der Waals surface area contributed by atoms with Crippen LogP contribution in [0.2, 0.25) is 0 Å². The van der Waals surface area contributed by atoms with Gasteiger partial charge in [0.2, 0.25) is 0 Å². The van der Waals surface area contributed by atoms with E-state index in [-0.39, 0.29) is 22.5 Å². The molecule has 1 aromatic carbocycles. The minimum atomic E-state index is -3.12. The topological polar surface area (TPSA) is 75.4 Å². The third-order valence-corrected chi connectivity index (χ3v) is 9.15. The van der Waals surface area contributed by atoms with E-state index in [0.29, 0.717) is 31.6 Å². The minimum absolute atomic E-state index is 0.0490. The summed E-state index contributed by atoms with van der Waals surface area (Å²) in [6.07, 6.45) is 5.21. The van der Waals surface area contributed by atoms with Gasteiger partial charge in [-0.15, -0.1) is 0 Å². The average Bonchev–Trinajstić information content (AvgIpc) is 3.15. The van der Waals surface area contributed by atoms with Crippen LogP contribution in [0.4, 0.5) is 8.78 Å². The fourth-order valence-electron chi connectivity index (χ4n) is 7.22. The lowest BCUT2D eigenvalue weighted by molar-refractivity contribution is -0.122. The lowest BCUT2D eigenvalue weighted by Gasteiger charge is -2.48. The van der Waals surface area contributed by atoms with Crippen molar-refractivity contribution in [2.45, 2.75) is 95.4 Å². The Labute approximate surface area is 216 Å². The molecule has 2 fully saturated rings. The Bertz CT molecular complexity index is 1280. The molecular formula is C30H34F2N2O3. The number of ether oxygens (including phenoxy) is 2. The van der Waals surface area contributed by atoms with Gasteiger partial charge in [0.15, 0.2) is 0 Å². The van der Waals surface area contributed by atoms with Crippen molar-refractivity contribution in [1.29, 1.82) is 5.26 Å². The first kappa shape index (κ1) is 24.9. The molecular weight excluding hydrogens is 474 g/mol. The molecule has 2 aliphatic heterocycles. The van der Waals surface area contributed by atoms with Crippen molar-refractivity contribution in [2.24, 2.45) is 5.41 Å². The molecule has 0 bridgehead atoms. The summed E-state index contributed by atoms with van der Waals surface area (Å²) in [7, 11) is 0. The molecule has 0 radical (unpaired) electrons. The quantitative estimate of drug-likeness (QED) is 0.515. The molecule has 5 nitrogen and oxygen atoms in total. The number of rotatable bonds is 3. The van der Waals surface area contributed by atoms with Crippen molar-refractivity contribution in [2.75, 3.05) is 13.2 Å². The van der Waals surface area contributed by atoms with Gasteiger partial charge in [-0.05, 0) is 54.2 Å². The number of hydrogen-bond acceptors (Lipinski definition) is 5. The number of fused-ring (bicyclic) bond motifs is 4. The highest BCUT2D eigenvalue weighted by Gasteiger charge is 2.53. The molecule has 1 saturated heterocycles. The van der Waals surface area contributed by atoms with E-state index >= 15 is 0 Å². The van der Waals surface area contributed by atoms with Crippen LogP contribution in [0, 0.1) is 16.7 Å². The van der Waals surface area contributed by atoms with Gasteiger partial charge in [0.1, 0.15) is 6.10 Å². The number of nitrogens with zero attached hydrogens (tertiary/aromatic N) is 2. The maximum Gasteiger partial charge on any atom is 0.271 e. The molecule has 196 valence electrons. The Hall–Kier alpha value is -2.40. The molecule has 6 rings (SSSR count). The second kappa shape index (κ2) is 8.56. The van der Waals surface area contributed by atoms with Crippen molar-refractivity contribution in [3.8, 4) is 6.07 Å². The molecule has 37 heavy (non-hydrogen) atoms. The lowest BCUT2D eigenvalue weighted by Crippen LogP contribution is -2.40. The zero-order chi connectivity index (χ0) is 26.2. The maximum absolute atomic E-state index is 14.2. The van der Waals surface area contributed by atoms with Gasteiger partial charge in [-0.1, -0.05) is 32.4 Å². The third-order valence-electron chi connectivity index (χ3n) is 9.15. The largest absolute Gasteiger partial charge is 0.388 e. The molecule has 0 amide bonds. The third kappa shape index (κ3) is 3.83. The van der Waals surface area contributed by atoms with Crippen LogP contribution >= 0.6 is 0 Å². The molecule has 3 heterocycles. The molecule has 2 aliphatic carbocycles. The zero-order valence-corrected chi connectivity index (χ0v) is 21.7. The number of aromatic nitrogens is 1. The number of aliphatic hydroxyl groups excluding tert-OH is 1. The highest BCUT2D eigenvalue weighted by molar-refractivity contribution is 5.55. The van der Waals surface area contributed by atoms with Gasteiger partial charge < -0.3 is 14.6 Å². The number of pyridine rings is 1. The first-order valence-electron chi connectivity index (χ1n) is 13.5. The Balaban J connectivity index is 1.58. The fourth-order valence-corrected chi connectivity index (χ4v) is 7.22. The van der Waals surface area contributed by atoms with Gasteiger partial charge in [-0.25, -0.2) is 8.78 Å². The number of hydrogen-bond donors (Lipinski definition) is 1. The number of benzene rings is 1. The second-order valence-electron chi connectivity index (χ2n) is 12.0. The standard InChI is InChI=1S/C30H34F2N2O3/c1-17(2)26-24-25(23-21(34-26)14-29(7-4-8-29)15-22(23)35)30(9-11-36-12-10-30)37-27(24)18-5-6-20(28(3,31)32)19(13-18)16-33/h5-6,13,17,22,27,35H,4,7-12,14-15H2,1-3H3/t22?,27-/m1/s1. The smallest absolute Gasteiger partial charge is 0.271 e. The van der Waals surface area contributed by atoms with Crippen LogP contribution in [0.25, 0.3) is 0 Å². The van der Waals surface area contributed by atoms with Gasteiger partial charge in [-0.2, -0.15) is 5.26 Å². The van der Waals surface area contributed by atoms with E-state index < -0.39 is 23.7 Å². The van der Waals surface area contributed by atoms with Gasteiger partial charge in [0.25, 0.3) is 5.92 Å². The first-order valence-corrected chi connectivity index (χ1v) is 13.5. The van der Waals surface area contributed by atoms with Crippen LogP contribution in [0.3, 0.4) is 0 Å². The van der Waals surface area contributed by atoms with Crippen LogP contribution in [0.1, 0.15) is 122 Å². The number of aliphatic hydroxyl groups is 1. The zero-order valence-electron chi connectivity index (χ0n) is 21.7. The summed E-state index contributed by atoms with van der Waals surface area (Å²) in [4.78, 5) is 5.21. The second-order valence-corrected chi connectivity index (χ2v) is 12.0. The monoisotopic (exact) mass is 508 g/mol. The molecule has 1 aromatic heterocycles. The average molecular weight is 509 g/mol. The lowest BCUT2D eigenvalue weighted by atomic mass is 9.58. The molecule has 2 spiro atoms. The van der Waals surface area contributed by atoms with Gasteiger partial charge in [0, 0.05) is 61.1 Å². The van der Waals surface area contributed by atoms with Crippen molar-refractivity contribution in [1.82, 2.24) is 4.98 Å². The molecule has 7 heteroatoms. The summed E-state index contributed by atoms with van der Waals surface area (Å²) in [5.41, 5.74) is 4.67. The number of halogens is 2. The van der Waals surface area contributed by atoms with Gasteiger partial charge >= 0.3 is 0 Å². The highest BCUT2D eigenvalue weighted by atomic mass is 19.3. The van der Waals surface area contributed by atoms with E-state index in [1.165, 1.54) is 12.5 Å². The molecule has 1 unspecified atom stereocenters. The molecule has 1 saturated carbocycles. The van der Waals surface area contributed by atoms with Gasteiger partial charge in [-0.3, -0.25) is 4.98 Å². The highest BCUT2D eigenvalue weighted by Crippen LogP contribution is 2.60.